The van der Waals surface area contributed by atoms with Crippen molar-refractivity contribution in [2.45, 2.75) is 175 Å². The molecule has 1 aromatic heterocycles. The van der Waals surface area contributed by atoms with Gasteiger partial charge in [-0.3, -0.25) is 13.9 Å². The summed E-state index contributed by atoms with van der Waals surface area (Å²) in [5, 5.41) is 2.27. The molecular formula is C63H85F2N3O8Si. The Hall–Kier alpha value is -5.77. The Morgan fingerprint density at radius 3 is 1.65 bits per heavy atom. The molecule has 0 saturated carbocycles. The van der Waals surface area contributed by atoms with E-state index in [0.717, 1.165) is 63.1 Å². The number of carbonyl (C=O) groups is 1. The third kappa shape index (κ3) is 17.6. The van der Waals surface area contributed by atoms with Crippen LogP contribution in [0, 0.1) is 0 Å². The van der Waals surface area contributed by atoms with E-state index in [1.165, 1.54) is 28.4 Å². The largest absolute Gasteiger partial charge is 0.497 e. The van der Waals surface area contributed by atoms with Crippen molar-refractivity contribution in [2.75, 3.05) is 26.1 Å². The second-order valence-corrected chi connectivity index (χ2v) is 26.8. The Bertz CT molecular complexity index is 2690. The molecule has 1 amide bonds. The van der Waals surface area contributed by atoms with E-state index < -0.39 is 55.6 Å². The van der Waals surface area contributed by atoms with Crippen LogP contribution in [0.1, 0.15) is 149 Å². The number of benzene rings is 3. The number of alkyl halides is 2. The highest BCUT2D eigenvalue weighted by atomic mass is 28.4. The number of aromatic nitrogens is 2. The molecule has 1 saturated heterocycles. The van der Waals surface area contributed by atoms with Gasteiger partial charge in [0.25, 0.3) is 0 Å². The van der Waals surface area contributed by atoms with E-state index in [2.05, 4.69) is 75.3 Å². The zero-order chi connectivity index (χ0) is 56.4. The van der Waals surface area contributed by atoms with Gasteiger partial charge in [-0.05, 0) is 164 Å². The molecule has 77 heavy (non-hydrogen) atoms. The van der Waals surface area contributed by atoms with E-state index >= 15 is 8.78 Å². The average Bonchev–Trinajstić information content (AvgIpc) is 3.65. The molecular weight excluding hydrogens is 993 g/mol. The molecule has 0 radical (unpaired) electrons. The number of rotatable bonds is 28. The van der Waals surface area contributed by atoms with Crippen LogP contribution in [-0.4, -0.2) is 62.7 Å². The normalized spacial score (nSPS) is 17.6. The third-order valence-corrected chi connectivity index (χ3v) is 18.7. The van der Waals surface area contributed by atoms with Crippen LogP contribution in [0.25, 0.3) is 0 Å². The van der Waals surface area contributed by atoms with Gasteiger partial charge in [0, 0.05) is 12.6 Å². The molecule has 1 aliphatic heterocycles. The Labute approximate surface area is 458 Å². The number of carbonyl (C=O) groups excluding carboxylic acids is 1. The molecule has 1 aliphatic rings. The molecule has 0 bridgehead atoms. The Morgan fingerprint density at radius 1 is 0.688 bits per heavy atom. The molecule has 418 valence electrons. The van der Waals surface area contributed by atoms with Gasteiger partial charge >= 0.3 is 11.6 Å². The first kappa shape index (κ1) is 62.1. The van der Waals surface area contributed by atoms with Crippen LogP contribution < -0.4 is 20.5 Å². The van der Waals surface area contributed by atoms with Gasteiger partial charge < -0.3 is 24.3 Å². The molecule has 11 nitrogen and oxygen atoms in total. The predicted molar refractivity (Wildman–Crippen MR) is 308 cm³/mol. The molecule has 3 atom stereocenters. The van der Waals surface area contributed by atoms with E-state index in [4.69, 9.17) is 28.4 Å². The second kappa shape index (κ2) is 28.7. The molecule has 14 heteroatoms. The van der Waals surface area contributed by atoms with E-state index in [1.807, 2.05) is 95.4 Å². The standard InChI is InChI=1S/C63H85F2N3O8Si/c1-45(2)22-19-25-48(5)28-20-26-46(3)23-17-18-24-47(4)27-21-29-49(6)32-41-57(69)66-56-42-43-68(60(70)67-56)59-63(64,65)58(75-76-77(12,13)61(7,8)9)55(74-59)44-73-62(50-30-15-14-16-31-50,51-33-37-53(71-10)38-34-51)52-35-39-54(72-11)40-36-52/h14-16,22-24,28-31,33-40,42-43,55,58-59H,17-21,25-27,32,41,44H2,1-13H3,(H,66,67,69,70)/b46-23+,47-24+,48-28+,49-29+/t55-,58-,59-/m1/s1. The van der Waals surface area contributed by atoms with Crippen LogP contribution >= 0.6 is 0 Å². The fraction of sp³-hybridized carbons (Fsp3) is 0.476. The summed E-state index contributed by atoms with van der Waals surface area (Å²) in [4.78, 5) is 36.7. The highest BCUT2D eigenvalue weighted by Gasteiger charge is 2.63. The maximum absolute atomic E-state index is 17.2. The van der Waals surface area contributed by atoms with Crippen LogP contribution in [0.5, 0.6) is 11.5 Å². The minimum Gasteiger partial charge on any atom is -0.497 e. The third-order valence-electron chi connectivity index (χ3n) is 14.6. The van der Waals surface area contributed by atoms with Gasteiger partial charge in [-0.1, -0.05) is 134 Å². The van der Waals surface area contributed by atoms with E-state index in [0.29, 0.717) is 39.2 Å². The number of amides is 1. The predicted octanol–water partition coefficient (Wildman–Crippen LogP) is 15.7. The first-order valence-electron chi connectivity index (χ1n) is 27.0. The number of anilines is 1. The molecule has 0 spiro atoms. The maximum atomic E-state index is 17.2. The van der Waals surface area contributed by atoms with Gasteiger partial charge in [0.2, 0.25) is 20.5 Å². The lowest BCUT2D eigenvalue weighted by molar-refractivity contribution is -0.307. The molecule has 5 rings (SSSR count). The molecule has 0 unspecified atom stereocenters. The summed E-state index contributed by atoms with van der Waals surface area (Å²) in [5.74, 6) is -3.05. The van der Waals surface area contributed by atoms with Crippen LogP contribution in [0.4, 0.5) is 14.6 Å². The molecule has 4 aromatic rings. The van der Waals surface area contributed by atoms with E-state index in [1.54, 1.807) is 38.5 Å². The monoisotopic (exact) mass is 1080 g/mol. The van der Waals surface area contributed by atoms with Gasteiger partial charge in [-0.25, -0.2) is 9.68 Å². The van der Waals surface area contributed by atoms with Crippen molar-refractivity contribution in [3.05, 3.63) is 177 Å². The average molecular weight is 1080 g/mol. The van der Waals surface area contributed by atoms with E-state index in [9.17, 15) is 9.59 Å². The van der Waals surface area contributed by atoms with Crippen LogP contribution in [0.15, 0.2) is 154 Å². The number of nitrogens with one attached hydrogen (secondary N) is 1. The number of unbranched alkanes of at least 4 members (excludes halogenated alkanes) is 1. The molecule has 3 aromatic carbocycles. The minimum absolute atomic E-state index is 0.0665. The van der Waals surface area contributed by atoms with Crippen molar-refractivity contribution in [1.82, 2.24) is 9.55 Å². The van der Waals surface area contributed by atoms with Crippen LogP contribution in [0.3, 0.4) is 0 Å². The smallest absolute Gasteiger partial charge is 0.351 e. The van der Waals surface area contributed by atoms with Crippen molar-refractivity contribution in [3.8, 4) is 11.5 Å². The number of hydrogen-bond donors (Lipinski definition) is 1. The summed E-state index contributed by atoms with van der Waals surface area (Å²) < 4.78 is 65.2. The highest BCUT2D eigenvalue weighted by molar-refractivity contribution is 6.73. The number of ether oxygens (including phenoxy) is 4. The topological polar surface area (TPSA) is 119 Å². The first-order chi connectivity index (χ1) is 36.5. The van der Waals surface area contributed by atoms with E-state index in [-0.39, 0.29) is 18.1 Å². The fourth-order valence-electron chi connectivity index (χ4n) is 8.72. The quantitative estimate of drug-likeness (QED) is 0.0148. The summed E-state index contributed by atoms with van der Waals surface area (Å²) in [6.07, 6.45) is 15.8. The SMILES string of the molecule is COc1ccc(C(OC[C@H]2O[C@@H](n3ccc(NC(=O)CC/C(C)=C/CC/C(C)=C/CC/C=C(\C)CC/C=C(\C)CCC=C(C)C)nc3=O)C(F)(F)[C@@H]2OO[Si](C)(C)C(C)(C)C)(c2ccccc2)c2ccc(OC)cc2)cc1. The number of methoxy groups -OCH3 is 2. The van der Waals surface area contributed by atoms with Crippen molar-refractivity contribution < 1.29 is 42.0 Å². The summed E-state index contributed by atoms with van der Waals surface area (Å²) in [7, 11) is 0.360. The number of nitrogens with zero attached hydrogens (tertiary/aromatic N) is 2. The number of allylic oxidation sites excluding steroid dienone is 10. The summed E-state index contributed by atoms with van der Waals surface area (Å²) in [5.41, 5.74) is 6.28. The molecule has 1 fully saturated rings. The van der Waals surface area contributed by atoms with Crippen LogP contribution in [-0.2, 0) is 29.3 Å². The zero-order valence-electron chi connectivity index (χ0n) is 48.0. The van der Waals surface area contributed by atoms with Crippen molar-refractivity contribution in [2.24, 2.45) is 0 Å². The van der Waals surface area contributed by atoms with Crippen molar-refractivity contribution >= 4 is 20.0 Å². The number of hydrogen-bond acceptors (Lipinski definition) is 9. The molecule has 2 heterocycles. The summed E-state index contributed by atoms with van der Waals surface area (Å²) in [6.45, 7) is 22.1. The van der Waals surface area contributed by atoms with Crippen molar-refractivity contribution in [1.29, 1.82) is 0 Å². The summed E-state index contributed by atoms with van der Waals surface area (Å²) in [6, 6.07) is 25.4. The Balaban J connectivity index is 1.26. The zero-order valence-corrected chi connectivity index (χ0v) is 49.0. The van der Waals surface area contributed by atoms with Gasteiger partial charge in [0.05, 0.1) is 20.8 Å². The lowest BCUT2D eigenvalue weighted by Crippen LogP contribution is -2.48. The second-order valence-electron chi connectivity index (χ2n) is 22.1. The Kier molecular flexibility index (Phi) is 23.2. The first-order valence-corrected chi connectivity index (χ1v) is 29.9. The van der Waals surface area contributed by atoms with Crippen LogP contribution in [0.2, 0.25) is 18.1 Å². The summed E-state index contributed by atoms with van der Waals surface area (Å²) >= 11 is 0. The van der Waals surface area contributed by atoms with Gasteiger partial charge in [-0.15, -0.1) is 0 Å². The Morgan fingerprint density at radius 2 is 1.17 bits per heavy atom. The molecule has 1 N–H and O–H groups in total. The fourth-order valence-corrected chi connectivity index (χ4v) is 9.32. The lowest BCUT2D eigenvalue weighted by Gasteiger charge is -2.38. The molecule has 0 aliphatic carbocycles. The van der Waals surface area contributed by atoms with Gasteiger partial charge in [0.1, 0.15) is 29.0 Å². The lowest BCUT2D eigenvalue weighted by atomic mass is 9.80. The van der Waals surface area contributed by atoms with Gasteiger partial charge in [0.15, 0.2) is 6.10 Å². The van der Waals surface area contributed by atoms with Crippen molar-refractivity contribution in [3.63, 3.8) is 0 Å². The number of halogens is 2. The van der Waals surface area contributed by atoms with Gasteiger partial charge in [-0.2, -0.15) is 13.8 Å². The minimum atomic E-state index is -3.85. The highest BCUT2D eigenvalue weighted by Crippen LogP contribution is 2.48. The maximum Gasteiger partial charge on any atom is 0.351 e.